The zero-order valence-corrected chi connectivity index (χ0v) is 17.8. The number of aryl methyl sites for hydroxylation is 1. The maximum atomic E-state index is 13.2. The molecule has 158 valence electrons. The second kappa shape index (κ2) is 7.23. The number of nitrogens with one attached hydrogen (secondary N) is 1. The summed E-state index contributed by atoms with van der Waals surface area (Å²) in [5.41, 5.74) is 3.97. The Hall–Kier alpha value is -2.67. The predicted octanol–water partition coefficient (Wildman–Crippen LogP) is 3.79. The van der Waals surface area contributed by atoms with Crippen LogP contribution in [0.15, 0.2) is 35.5 Å². The quantitative estimate of drug-likeness (QED) is 0.838. The molecule has 1 aliphatic carbocycles. The Morgan fingerprint density at radius 1 is 1.33 bits per heavy atom. The summed E-state index contributed by atoms with van der Waals surface area (Å²) in [5, 5.41) is 7.52. The van der Waals surface area contributed by atoms with Gasteiger partial charge in [-0.25, -0.2) is 4.79 Å². The second-order valence-electron chi connectivity index (χ2n) is 9.16. The van der Waals surface area contributed by atoms with Crippen LogP contribution in [0.3, 0.4) is 0 Å². The van der Waals surface area contributed by atoms with E-state index in [0.717, 1.165) is 41.8 Å². The summed E-state index contributed by atoms with van der Waals surface area (Å²) in [6, 6.07) is 8.35. The number of hydrogen-bond acceptors (Lipinski definition) is 4. The number of carbonyl (C=O) groups excluding carboxylic acids is 1. The molecule has 7 heteroatoms. The Bertz CT molecular complexity index is 995. The molecule has 2 aromatic rings. The number of benzene rings is 1. The first-order valence-corrected chi connectivity index (χ1v) is 10.7. The Labute approximate surface area is 177 Å². The summed E-state index contributed by atoms with van der Waals surface area (Å²) in [4.78, 5) is 20.0. The van der Waals surface area contributed by atoms with Crippen LogP contribution in [0.2, 0.25) is 0 Å². The average molecular weight is 408 g/mol. The molecular weight excluding hydrogens is 378 g/mol. The highest BCUT2D eigenvalue weighted by Gasteiger charge is 2.58. The van der Waals surface area contributed by atoms with Crippen molar-refractivity contribution in [3.63, 3.8) is 0 Å². The van der Waals surface area contributed by atoms with E-state index in [9.17, 15) is 4.79 Å². The number of hydrogen-bond donors (Lipinski definition) is 1. The van der Waals surface area contributed by atoms with Gasteiger partial charge in [0.05, 0.1) is 30.4 Å². The van der Waals surface area contributed by atoms with Crippen molar-refractivity contribution >= 4 is 17.9 Å². The van der Waals surface area contributed by atoms with Crippen molar-refractivity contribution in [1.29, 1.82) is 0 Å². The van der Waals surface area contributed by atoms with Crippen molar-refractivity contribution in [2.75, 3.05) is 19.0 Å². The zero-order chi connectivity index (χ0) is 20.9. The summed E-state index contributed by atoms with van der Waals surface area (Å²) in [6.07, 6.45) is 6.80. The molecule has 1 saturated carbocycles. The third kappa shape index (κ3) is 3.12. The van der Waals surface area contributed by atoms with Gasteiger partial charge < -0.3 is 15.0 Å². The molecule has 3 heterocycles. The fourth-order valence-electron chi connectivity index (χ4n) is 5.73. The molecule has 1 aromatic heterocycles. The van der Waals surface area contributed by atoms with E-state index in [1.54, 1.807) is 13.3 Å². The summed E-state index contributed by atoms with van der Waals surface area (Å²) in [6.45, 7) is 5.67. The number of aromatic nitrogens is 2. The smallest absolute Gasteiger partial charge is 0.322 e. The fourth-order valence-corrected chi connectivity index (χ4v) is 5.73. The van der Waals surface area contributed by atoms with Crippen LogP contribution in [0, 0.1) is 12.8 Å². The van der Waals surface area contributed by atoms with Gasteiger partial charge in [-0.1, -0.05) is 13.0 Å². The van der Waals surface area contributed by atoms with E-state index in [1.165, 1.54) is 0 Å². The van der Waals surface area contributed by atoms with Crippen LogP contribution in [0.25, 0.3) is 0 Å². The standard InChI is InChI=1S/C23H29N5O2/c1-15-8-19-11-23(10-15,14-30-3)28(19)22(29)26-17-5-4-16(2)20(9-17)21-13-27-18(12-24-21)6-7-25-27/h4-7,9,12,15,19,21H,8,10-11,13-14H2,1-3H3,(H,26,29)/t15?,19?,21?,23-/m1/s1. The van der Waals surface area contributed by atoms with Gasteiger partial charge in [0.25, 0.3) is 0 Å². The molecule has 0 radical (unpaired) electrons. The first kappa shape index (κ1) is 19.3. The lowest BCUT2D eigenvalue weighted by Crippen LogP contribution is -2.74. The van der Waals surface area contributed by atoms with Gasteiger partial charge in [-0.05, 0) is 61.4 Å². The minimum Gasteiger partial charge on any atom is -0.382 e. The first-order chi connectivity index (χ1) is 14.5. The summed E-state index contributed by atoms with van der Waals surface area (Å²) in [5.74, 6) is 0.630. The number of ether oxygens (including phenoxy) is 1. The van der Waals surface area contributed by atoms with Crippen LogP contribution >= 0.6 is 0 Å². The van der Waals surface area contributed by atoms with Gasteiger partial charge in [-0.15, -0.1) is 0 Å². The molecule has 1 aromatic carbocycles. The number of fused-ring (bicyclic) bond motifs is 3. The maximum Gasteiger partial charge on any atom is 0.322 e. The highest BCUT2D eigenvalue weighted by molar-refractivity contribution is 5.91. The number of carbonyl (C=O) groups is 1. The van der Waals surface area contributed by atoms with Crippen molar-refractivity contribution < 1.29 is 9.53 Å². The van der Waals surface area contributed by atoms with E-state index in [1.807, 2.05) is 27.9 Å². The number of nitrogens with zero attached hydrogens (tertiary/aromatic N) is 4. The molecule has 4 atom stereocenters. The van der Waals surface area contributed by atoms with Crippen molar-refractivity contribution in [1.82, 2.24) is 14.7 Å². The van der Waals surface area contributed by atoms with Crippen molar-refractivity contribution in [2.45, 2.75) is 57.3 Å². The molecule has 2 bridgehead atoms. The molecule has 1 N–H and O–H groups in total. The number of rotatable bonds is 4. The molecule has 3 unspecified atom stereocenters. The summed E-state index contributed by atoms with van der Waals surface area (Å²) < 4.78 is 7.46. The lowest BCUT2D eigenvalue weighted by atomic mass is 9.65. The summed E-state index contributed by atoms with van der Waals surface area (Å²) in [7, 11) is 1.72. The fraction of sp³-hybridized carbons (Fsp3) is 0.522. The van der Waals surface area contributed by atoms with Crippen LogP contribution in [-0.2, 0) is 11.3 Å². The summed E-state index contributed by atoms with van der Waals surface area (Å²) >= 11 is 0. The van der Waals surface area contributed by atoms with Crippen LogP contribution < -0.4 is 5.32 Å². The lowest BCUT2D eigenvalue weighted by Gasteiger charge is -2.63. The van der Waals surface area contributed by atoms with Gasteiger partial charge in [0.15, 0.2) is 0 Å². The Morgan fingerprint density at radius 3 is 3.03 bits per heavy atom. The number of methoxy groups -OCH3 is 1. The molecule has 2 fully saturated rings. The highest BCUT2D eigenvalue weighted by atomic mass is 16.5. The molecule has 3 aliphatic rings. The lowest BCUT2D eigenvalue weighted by molar-refractivity contribution is -0.122. The Balaban J connectivity index is 1.35. The minimum absolute atomic E-state index is 0.00155. The third-order valence-corrected chi connectivity index (χ3v) is 6.90. The third-order valence-electron chi connectivity index (χ3n) is 6.90. The van der Waals surface area contributed by atoms with E-state index < -0.39 is 0 Å². The van der Waals surface area contributed by atoms with E-state index in [4.69, 9.17) is 9.73 Å². The monoisotopic (exact) mass is 407 g/mol. The molecule has 5 rings (SSSR count). The number of aliphatic imine (C=N–C) groups is 1. The predicted molar refractivity (Wildman–Crippen MR) is 116 cm³/mol. The van der Waals surface area contributed by atoms with Crippen molar-refractivity contribution in [3.8, 4) is 0 Å². The van der Waals surface area contributed by atoms with Gasteiger partial charge >= 0.3 is 6.03 Å². The molecule has 2 aliphatic heterocycles. The van der Waals surface area contributed by atoms with E-state index in [0.29, 0.717) is 25.1 Å². The number of urea groups is 1. The van der Waals surface area contributed by atoms with Crippen LogP contribution in [0.4, 0.5) is 10.5 Å². The van der Waals surface area contributed by atoms with Crippen LogP contribution in [-0.4, -0.2) is 52.2 Å². The van der Waals surface area contributed by atoms with Gasteiger partial charge in [0.2, 0.25) is 0 Å². The molecule has 0 spiro atoms. The molecule has 7 nitrogen and oxygen atoms in total. The highest BCUT2D eigenvalue weighted by Crippen LogP contribution is 2.50. The van der Waals surface area contributed by atoms with Crippen LogP contribution in [0.1, 0.15) is 49.0 Å². The second-order valence-corrected chi connectivity index (χ2v) is 9.16. The van der Waals surface area contributed by atoms with Gasteiger partial charge in [0, 0.05) is 31.3 Å². The average Bonchev–Trinajstić information content (AvgIpc) is 3.16. The SMILES string of the molecule is COC[C@@]12CC(C)CC(C1)N2C(=O)Nc1ccc(C)c(C2Cn3nccc3C=N2)c1. The molecule has 1 saturated heterocycles. The zero-order valence-electron chi connectivity index (χ0n) is 17.8. The maximum absolute atomic E-state index is 13.2. The van der Waals surface area contributed by atoms with Gasteiger partial charge in [-0.3, -0.25) is 9.67 Å². The van der Waals surface area contributed by atoms with Crippen molar-refractivity contribution in [2.24, 2.45) is 10.9 Å². The Morgan fingerprint density at radius 2 is 2.20 bits per heavy atom. The van der Waals surface area contributed by atoms with E-state index in [-0.39, 0.29) is 17.6 Å². The van der Waals surface area contributed by atoms with Gasteiger partial charge in [0.1, 0.15) is 0 Å². The molecule has 2 amide bonds. The molecular formula is C23H29N5O2. The van der Waals surface area contributed by atoms with Gasteiger partial charge in [-0.2, -0.15) is 5.10 Å². The number of anilines is 1. The normalized spacial score (nSPS) is 29.3. The van der Waals surface area contributed by atoms with Crippen LogP contribution in [0.5, 0.6) is 0 Å². The number of piperidine rings is 1. The number of amides is 2. The van der Waals surface area contributed by atoms with E-state index in [2.05, 4.69) is 36.4 Å². The van der Waals surface area contributed by atoms with Crippen molar-refractivity contribution in [3.05, 3.63) is 47.3 Å². The number of likely N-dealkylation sites (tertiary alicyclic amines) is 1. The Kier molecular flexibility index (Phi) is 4.65. The van der Waals surface area contributed by atoms with E-state index >= 15 is 0 Å². The topological polar surface area (TPSA) is 71.8 Å². The molecule has 30 heavy (non-hydrogen) atoms. The minimum atomic E-state index is -0.154. The largest absolute Gasteiger partial charge is 0.382 e. The first-order valence-electron chi connectivity index (χ1n) is 10.7.